The minimum atomic E-state index is -0.693. The van der Waals surface area contributed by atoms with Gasteiger partial charge in [-0.1, -0.05) is 24.4 Å². The van der Waals surface area contributed by atoms with Crippen LogP contribution in [-0.4, -0.2) is 18.0 Å². The van der Waals surface area contributed by atoms with Crippen molar-refractivity contribution in [2.75, 3.05) is 11.9 Å². The monoisotopic (exact) mass is 278 g/mol. The number of carbonyl (C=O) groups excluding carboxylic acids is 1. The molecule has 2 N–H and O–H groups in total. The summed E-state index contributed by atoms with van der Waals surface area (Å²) in [6, 6.07) is 5.19. The predicted octanol–water partition coefficient (Wildman–Crippen LogP) is 3.30. The van der Waals surface area contributed by atoms with Crippen LogP contribution >= 0.6 is 11.6 Å². The Morgan fingerprint density at radius 3 is 2.74 bits per heavy atom. The number of halogens is 1. The summed E-state index contributed by atoms with van der Waals surface area (Å²) in [7, 11) is 0. The van der Waals surface area contributed by atoms with Crippen molar-refractivity contribution < 1.29 is 4.79 Å². The largest absolute Gasteiger partial charge is 0.384 e. The van der Waals surface area contributed by atoms with E-state index < -0.39 is 5.54 Å². The summed E-state index contributed by atoms with van der Waals surface area (Å²) in [5, 5.41) is 6.52. The molecule has 19 heavy (non-hydrogen) atoms. The van der Waals surface area contributed by atoms with Crippen LogP contribution in [-0.2, 0) is 0 Å². The molecule has 1 aromatic carbocycles. The number of hydrogen-bond acceptors (Lipinski definition) is 2. The number of rotatable bonds is 5. The quantitative estimate of drug-likeness (QED) is 0.812. The fraction of sp³-hybridized carbons (Fsp3) is 0.400. The first kappa shape index (κ1) is 15.4. The zero-order valence-electron chi connectivity index (χ0n) is 11.5. The van der Waals surface area contributed by atoms with Crippen molar-refractivity contribution >= 4 is 23.2 Å². The highest BCUT2D eigenvalue weighted by Gasteiger charge is 2.20. The SMILES string of the molecule is C#CC(C)(C)NC(=O)c1cc(Cl)ccc1NCCC. The number of carbonyl (C=O) groups is 1. The third-order valence-electron chi connectivity index (χ3n) is 2.58. The van der Waals surface area contributed by atoms with Crippen LogP contribution in [0, 0.1) is 12.3 Å². The topological polar surface area (TPSA) is 41.1 Å². The maximum atomic E-state index is 12.3. The van der Waals surface area contributed by atoms with Gasteiger partial charge in [-0.3, -0.25) is 4.79 Å². The van der Waals surface area contributed by atoms with Gasteiger partial charge in [0.25, 0.3) is 5.91 Å². The molecular formula is C15H19ClN2O. The molecule has 1 amide bonds. The molecule has 0 atom stereocenters. The third-order valence-corrected chi connectivity index (χ3v) is 2.81. The normalized spacial score (nSPS) is 10.7. The van der Waals surface area contributed by atoms with Gasteiger partial charge in [0.2, 0.25) is 0 Å². The summed E-state index contributed by atoms with van der Waals surface area (Å²) < 4.78 is 0. The van der Waals surface area contributed by atoms with E-state index in [0.29, 0.717) is 10.6 Å². The molecule has 0 radical (unpaired) electrons. The van der Waals surface area contributed by atoms with Crippen LogP contribution in [0.15, 0.2) is 18.2 Å². The van der Waals surface area contributed by atoms with Gasteiger partial charge in [-0.2, -0.15) is 0 Å². The van der Waals surface area contributed by atoms with Crippen molar-refractivity contribution in [1.29, 1.82) is 0 Å². The van der Waals surface area contributed by atoms with Crippen LogP contribution in [0.25, 0.3) is 0 Å². The van der Waals surface area contributed by atoms with Gasteiger partial charge in [-0.25, -0.2) is 0 Å². The Hall–Kier alpha value is -1.66. The Bertz CT molecular complexity index is 503. The molecule has 0 aliphatic heterocycles. The van der Waals surface area contributed by atoms with Crippen molar-refractivity contribution in [3.05, 3.63) is 28.8 Å². The molecule has 4 heteroatoms. The first-order valence-electron chi connectivity index (χ1n) is 6.23. The highest BCUT2D eigenvalue weighted by Crippen LogP contribution is 2.21. The molecule has 1 aromatic rings. The number of amides is 1. The lowest BCUT2D eigenvalue weighted by atomic mass is 10.1. The Morgan fingerprint density at radius 2 is 2.16 bits per heavy atom. The molecule has 0 bridgehead atoms. The van der Waals surface area contributed by atoms with Crippen LogP contribution < -0.4 is 10.6 Å². The number of terminal acetylenes is 1. The summed E-state index contributed by atoms with van der Waals surface area (Å²) in [6.07, 6.45) is 6.35. The van der Waals surface area contributed by atoms with E-state index in [-0.39, 0.29) is 5.91 Å². The molecule has 0 aliphatic carbocycles. The standard InChI is InChI=1S/C15H19ClN2O/c1-5-9-17-13-8-7-11(16)10-12(13)14(19)18-15(3,4)6-2/h2,7-8,10,17H,5,9H2,1,3-4H3,(H,18,19). The fourth-order valence-corrected chi connectivity index (χ4v) is 1.68. The zero-order valence-corrected chi connectivity index (χ0v) is 12.3. The van der Waals surface area contributed by atoms with Crippen molar-refractivity contribution in [1.82, 2.24) is 5.32 Å². The van der Waals surface area contributed by atoms with E-state index in [1.807, 2.05) is 0 Å². The molecule has 0 spiro atoms. The van der Waals surface area contributed by atoms with Crippen LogP contribution in [0.4, 0.5) is 5.69 Å². The van der Waals surface area contributed by atoms with Gasteiger partial charge in [-0.05, 0) is 38.5 Å². The molecule has 0 unspecified atom stereocenters. The van der Waals surface area contributed by atoms with Gasteiger partial charge in [0.15, 0.2) is 0 Å². The smallest absolute Gasteiger partial charge is 0.254 e. The number of nitrogens with one attached hydrogen (secondary N) is 2. The lowest BCUT2D eigenvalue weighted by Gasteiger charge is -2.21. The van der Waals surface area contributed by atoms with Gasteiger partial charge in [-0.15, -0.1) is 6.42 Å². The summed E-state index contributed by atoms with van der Waals surface area (Å²) in [5.41, 5.74) is 0.572. The molecular weight excluding hydrogens is 260 g/mol. The van der Waals surface area contributed by atoms with Crippen LogP contribution in [0.1, 0.15) is 37.6 Å². The van der Waals surface area contributed by atoms with E-state index in [9.17, 15) is 4.79 Å². The Labute approximate surface area is 119 Å². The van der Waals surface area contributed by atoms with Crippen LogP contribution in [0.5, 0.6) is 0 Å². The summed E-state index contributed by atoms with van der Waals surface area (Å²) in [4.78, 5) is 12.3. The molecule has 3 nitrogen and oxygen atoms in total. The first-order chi connectivity index (χ1) is 8.89. The second kappa shape index (κ2) is 6.49. The third kappa shape index (κ3) is 4.50. The van der Waals surface area contributed by atoms with E-state index >= 15 is 0 Å². The predicted molar refractivity (Wildman–Crippen MR) is 80.6 cm³/mol. The van der Waals surface area contributed by atoms with Gasteiger partial charge >= 0.3 is 0 Å². The average molecular weight is 279 g/mol. The van der Waals surface area contributed by atoms with E-state index in [4.69, 9.17) is 18.0 Å². The average Bonchev–Trinajstić information content (AvgIpc) is 2.36. The van der Waals surface area contributed by atoms with E-state index in [2.05, 4.69) is 23.5 Å². The fourth-order valence-electron chi connectivity index (χ4n) is 1.51. The lowest BCUT2D eigenvalue weighted by Crippen LogP contribution is -2.42. The van der Waals surface area contributed by atoms with E-state index in [1.54, 1.807) is 32.0 Å². The molecule has 1 rings (SSSR count). The highest BCUT2D eigenvalue weighted by atomic mass is 35.5. The van der Waals surface area contributed by atoms with Gasteiger partial charge in [0.05, 0.1) is 11.1 Å². The second-order valence-corrected chi connectivity index (χ2v) is 5.28. The highest BCUT2D eigenvalue weighted by molar-refractivity contribution is 6.31. The molecule has 102 valence electrons. The maximum absolute atomic E-state index is 12.3. The number of hydrogen-bond donors (Lipinski definition) is 2. The summed E-state index contributed by atoms with van der Waals surface area (Å²) in [6.45, 7) is 6.40. The minimum Gasteiger partial charge on any atom is -0.384 e. The Kier molecular flexibility index (Phi) is 5.26. The van der Waals surface area contributed by atoms with Gasteiger partial charge < -0.3 is 10.6 Å². The summed E-state index contributed by atoms with van der Waals surface area (Å²) >= 11 is 5.95. The maximum Gasteiger partial charge on any atom is 0.254 e. The molecule has 0 saturated heterocycles. The van der Waals surface area contributed by atoms with E-state index in [0.717, 1.165) is 18.7 Å². The van der Waals surface area contributed by atoms with Crippen molar-refractivity contribution in [2.24, 2.45) is 0 Å². The number of anilines is 1. The Morgan fingerprint density at radius 1 is 1.47 bits per heavy atom. The molecule has 0 aromatic heterocycles. The number of benzene rings is 1. The summed E-state index contributed by atoms with van der Waals surface area (Å²) in [5.74, 6) is 2.30. The van der Waals surface area contributed by atoms with E-state index in [1.165, 1.54) is 0 Å². The van der Waals surface area contributed by atoms with Crippen molar-refractivity contribution in [3.8, 4) is 12.3 Å². The van der Waals surface area contributed by atoms with Crippen LogP contribution in [0.2, 0.25) is 5.02 Å². The second-order valence-electron chi connectivity index (χ2n) is 4.84. The van der Waals surface area contributed by atoms with Crippen LogP contribution in [0.3, 0.4) is 0 Å². The lowest BCUT2D eigenvalue weighted by molar-refractivity contribution is 0.0930. The van der Waals surface area contributed by atoms with Crippen molar-refractivity contribution in [2.45, 2.75) is 32.7 Å². The van der Waals surface area contributed by atoms with Crippen molar-refractivity contribution in [3.63, 3.8) is 0 Å². The molecule has 0 aliphatic rings. The zero-order chi connectivity index (χ0) is 14.5. The minimum absolute atomic E-state index is 0.232. The molecule has 0 heterocycles. The molecule has 0 saturated carbocycles. The van der Waals surface area contributed by atoms with Gasteiger partial charge in [0.1, 0.15) is 0 Å². The Balaban J connectivity index is 3.00. The first-order valence-corrected chi connectivity index (χ1v) is 6.61. The molecule has 0 fully saturated rings. The van der Waals surface area contributed by atoms with Gasteiger partial charge in [0, 0.05) is 17.3 Å².